The maximum atomic E-state index is 6.31. The lowest BCUT2D eigenvalue weighted by Crippen LogP contribution is -2.10. The maximum Gasteiger partial charge on any atom is 0.0667 e. The summed E-state index contributed by atoms with van der Waals surface area (Å²) in [6, 6.07) is 16.2. The molecule has 0 saturated carbocycles. The lowest BCUT2D eigenvalue weighted by molar-refractivity contribution is 0.377. The van der Waals surface area contributed by atoms with Crippen LogP contribution in [0.25, 0.3) is 0 Å². The molecule has 2 aromatic carbocycles. The minimum absolute atomic E-state index is 0.261. The zero-order valence-corrected chi connectivity index (χ0v) is 17.0. The fourth-order valence-electron chi connectivity index (χ4n) is 2.59. The summed E-state index contributed by atoms with van der Waals surface area (Å²) in [5.41, 5.74) is 11.6. The molecular weight excluding hydrogens is 340 g/mol. The van der Waals surface area contributed by atoms with Gasteiger partial charge < -0.3 is 5.73 Å². The number of hydrogen-bond donors (Lipinski definition) is 1. The van der Waals surface area contributed by atoms with E-state index in [1.165, 1.54) is 5.56 Å². The van der Waals surface area contributed by atoms with Crippen LogP contribution < -0.4 is 5.73 Å². The Labute approximate surface area is 162 Å². The molecule has 138 valence electrons. The molecular formula is C23H29ClN2. The van der Waals surface area contributed by atoms with Crippen LogP contribution >= 0.6 is 11.6 Å². The number of allylic oxidation sites excluding steroid dienone is 2. The number of rotatable bonds is 6. The highest BCUT2D eigenvalue weighted by atomic mass is 35.5. The third-order valence-electron chi connectivity index (χ3n) is 4.18. The number of hydrogen-bond acceptors (Lipinski definition) is 2. The van der Waals surface area contributed by atoms with Crippen molar-refractivity contribution in [1.82, 2.24) is 0 Å². The summed E-state index contributed by atoms with van der Waals surface area (Å²) in [5, 5.41) is 0.740. The average Bonchev–Trinajstić information content (AvgIpc) is 2.57. The molecule has 26 heavy (non-hydrogen) atoms. The van der Waals surface area contributed by atoms with Crippen LogP contribution in [0.4, 0.5) is 0 Å². The molecule has 0 fully saturated rings. The number of nitrogens with two attached hydrogens (primary N) is 1. The topological polar surface area (TPSA) is 38.4 Å². The monoisotopic (exact) mass is 368 g/mol. The molecule has 0 atom stereocenters. The number of aryl methyl sites for hydroxylation is 1. The Morgan fingerprint density at radius 3 is 2.50 bits per heavy atom. The summed E-state index contributed by atoms with van der Waals surface area (Å²) >= 11 is 6.28. The van der Waals surface area contributed by atoms with Crippen LogP contribution in [0.1, 0.15) is 50.3 Å². The van der Waals surface area contributed by atoms with E-state index in [1.807, 2.05) is 30.3 Å². The summed E-state index contributed by atoms with van der Waals surface area (Å²) in [7, 11) is 0. The van der Waals surface area contributed by atoms with Gasteiger partial charge in [-0.25, -0.2) is 0 Å². The van der Waals surface area contributed by atoms with Gasteiger partial charge in [0.05, 0.1) is 12.3 Å². The summed E-state index contributed by atoms with van der Waals surface area (Å²) in [6.07, 6.45) is 3.92. The molecule has 0 amide bonds. The van der Waals surface area contributed by atoms with Gasteiger partial charge in [-0.3, -0.25) is 4.99 Å². The molecule has 0 radical (unpaired) electrons. The zero-order chi connectivity index (χ0) is 19.2. The first-order valence-corrected chi connectivity index (χ1v) is 9.43. The van der Waals surface area contributed by atoms with Gasteiger partial charge in [0.25, 0.3) is 0 Å². The van der Waals surface area contributed by atoms with E-state index in [0.29, 0.717) is 6.54 Å². The van der Waals surface area contributed by atoms with Crippen LogP contribution in [0.15, 0.2) is 65.3 Å². The Morgan fingerprint density at radius 1 is 1.12 bits per heavy atom. The fraction of sp³-hybridized carbons (Fsp3) is 0.348. The Balaban J connectivity index is 2.30. The summed E-state index contributed by atoms with van der Waals surface area (Å²) in [6.45, 7) is 9.31. The lowest BCUT2D eigenvalue weighted by atomic mass is 9.89. The molecule has 0 unspecified atom stereocenters. The van der Waals surface area contributed by atoms with E-state index in [4.69, 9.17) is 22.3 Å². The molecule has 0 aliphatic rings. The first-order valence-electron chi connectivity index (χ1n) is 9.05. The van der Waals surface area contributed by atoms with Gasteiger partial charge in [-0.05, 0) is 54.5 Å². The van der Waals surface area contributed by atoms with Gasteiger partial charge in [-0.1, -0.05) is 74.3 Å². The number of aliphatic imine (C=N–C) groups is 1. The molecule has 2 nitrogen and oxygen atoms in total. The molecule has 2 aromatic rings. The minimum Gasteiger partial charge on any atom is -0.402 e. The van der Waals surface area contributed by atoms with Crippen LogP contribution in [0.2, 0.25) is 5.02 Å². The van der Waals surface area contributed by atoms with E-state index in [2.05, 4.69) is 52.0 Å². The highest BCUT2D eigenvalue weighted by molar-refractivity contribution is 6.31. The van der Waals surface area contributed by atoms with Crippen LogP contribution in [-0.4, -0.2) is 5.71 Å². The van der Waals surface area contributed by atoms with Crippen molar-refractivity contribution in [3.63, 3.8) is 0 Å². The Morgan fingerprint density at radius 2 is 1.85 bits per heavy atom. The standard InChI is InChI=1S/C23H29ClN2/c1-17-8-7-10-18(14-17)22(15-20(25)12-13-23(2,3)4)26-16-19-9-5-6-11-21(19)24/h5-11,14-15H,12-13,16,25H2,1-4H3. The molecule has 0 aromatic heterocycles. The van der Waals surface area contributed by atoms with Crippen molar-refractivity contribution in [2.24, 2.45) is 16.1 Å². The second-order valence-corrected chi connectivity index (χ2v) is 8.35. The quantitative estimate of drug-likeness (QED) is 0.596. The van der Waals surface area contributed by atoms with Gasteiger partial charge in [0.2, 0.25) is 0 Å². The van der Waals surface area contributed by atoms with Gasteiger partial charge in [0.1, 0.15) is 0 Å². The molecule has 0 bridgehead atoms. The van der Waals surface area contributed by atoms with E-state index >= 15 is 0 Å². The van der Waals surface area contributed by atoms with Gasteiger partial charge in [0.15, 0.2) is 0 Å². The molecule has 3 heteroatoms. The first kappa shape index (κ1) is 20.3. The summed E-state index contributed by atoms with van der Waals surface area (Å²) in [4.78, 5) is 4.83. The molecule has 2 rings (SSSR count). The molecule has 0 aliphatic carbocycles. The van der Waals surface area contributed by atoms with Crippen LogP contribution in [0.5, 0.6) is 0 Å². The van der Waals surface area contributed by atoms with Crippen molar-refractivity contribution < 1.29 is 0 Å². The van der Waals surface area contributed by atoms with E-state index in [9.17, 15) is 0 Å². The lowest BCUT2D eigenvalue weighted by Gasteiger charge is -2.17. The second-order valence-electron chi connectivity index (χ2n) is 7.94. The molecule has 0 aliphatic heterocycles. The van der Waals surface area contributed by atoms with Crippen molar-refractivity contribution in [1.29, 1.82) is 0 Å². The van der Waals surface area contributed by atoms with Gasteiger partial charge in [-0.2, -0.15) is 0 Å². The first-order chi connectivity index (χ1) is 12.2. The average molecular weight is 369 g/mol. The van der Waals surface area contributed by atoms with Gasteiger partial charge in [0, 0.05) is 10.7 Å². The second kappa shape index (κ2) is 9.05. The van der Waals surface area contributed by atoms with Crippen molar-refractivity contribution in [3.05, 3.63) is 82.0 Å². The van der Waals surface area contributed by atoms with Crippen LogP contribution in [0, 0.1) is 12.3 Å². The number of nitrogens with zero attached hydrogens (tertiary/aromatic N) is 1. The Kier molecular flexibility index (Phi) is 7.05. The molecule has 0 saturated heterocycles. The fourth-order valence-corrected chi connectivity index (χ4v) is 2.78. The number of benzene rings is 2. The third kappa shape index (κ3) is 6.68. The maximum absolute atomic E-state index is 6.31. The Hall–Kier alpha value is -2.06. The predicted octanol–water partition coefficient (Wildman–Crippen LogP) is 6.31. The Bertz CT molecular complexity index is 798. The highest BCUT2D eigenvalue weighted by Crippen LogP contribution is 2.22. The third-order valence-corrected chi connectivity index (χ3v) is 4.55. The molecule has 2 N–H and O–H groups in total. The normalized spacial score (nSPS) is 13.1. The molecule has 0 heterocycles. The largest absolute Gasteiger partial charge is 0.402 e. The molecule has 0 spiro atoms. The van der Waals surface area contributed by atoms with Gasteiger partial charge >= 0.3 is 0 Å². The summed E-state index contributed by atoms with van der Waals surface area (Å²) < 4.78 is 0. The van der Waals surface area contributed by atoms with Gasteiger partial charge in [-0.15, -0.1) is 0 Å². The summed E-state index contributed by atoms with van der Waals surface area (Å²) in [5.74, 6) is 0. The van der Waals surface area contributed by atoms with Crippen molar-refractivity contribution >= 4 is 17.3 Å². The van der Waals surface area contributed by atoms with Crippen molar-refractivity contribution in [2.45, 2.75) is 47.1 Å². The zero-order valence-electron chi connectivity index (χ0n) is 16.2. The van der Waals surface area contributed by atoms with E-state index in [-0.39, 0.29) is 5.41 Å². The van der Waals surface area contributed by atoms with Crippen LogP contribution in [-0.2, 0) is 6.54 Å². The van der Waals surface area contributed by atoms with E-state index in [1.54, 1.807) is 0 Å². The van der Waals surface area contributed by atoms with Crippen molar-refractivity contribution in [3.8, 4) is 0 Å². The SMILES string of the molecule is Cc1cccc(C(C=C(N)CCC(C)(C)C)=NCc2ccccc2Cl)c1. The number of halogens is 1. The smallest absolute Gasteiger partial charge is 0.0667 e. The van der Waals surface area contributed by atoms with Crippen LogP contribution in [0.3, 0.4) is 0 Å². The minimum atomic E-state index is 0.261. The van der Waals surface area contributed by atoms with E-state index in [0.717, 1.165) is 40.4 Å². The highest BCUT2D eigenvalue weighted by Gasteiger charge is 2.11. The van der Waals surface area contributed by atoms with Crippen molar-refractivity contribution in [2.75, 3.05) is 0 Å². The van der Waals surface area contributed by atoms with E-state index < -0.39 is 0 Å². The predicted molar refractivity (Wildman–Crippen MR) is 114 cm³/mol.